The number of rotatable bonds is 3. The van der Waals surface area contributed by atoms with E-state index in [9.17, 15) is 4.39 Å². The highest BCUT2D eigenvalue weighted by Crippen LogP contribution is 2.27. The van der Waals surface area contributed by atoms with Crippen LogP contribution in [0.15, 0.2) is 18.2 Å². The average Bonchev–Trinajstić information content (AvgIpc) is 2.78. The van der Waals surface area contributed by atoms with Crippen molar-refractivity contribution >= 4 is 5.69 Å². The molecule has 0 N–H and O–H groups in total. The van der Waals surface area contributed by atoms with Crippen molar-refractivity contribution in [3.8, 4) is 6.07 Å². The first-order valence-corrected chi connectivity index (χ1v) is 5.68. The van der Waals surface area contributed by atoms with Crippen molar-refractivity contribution in [3.63, 3.8) is 0 Å². The maximum atomic E-state index is 13.0. The third kappa shape index (κ3) is 2.56. The van der Waals surface area contributed by atoms with Crippen LogP contribution >= 0.6 is 0 Å². The van der Waals surface area contributed by atoms with Gasteiger partial charge in [-0.1, -0.05) is 0 Å². The molecule has 17 heavy (non-hydrogen) atoms. The first-order chi connectivity index (χ1) is 8.24. The number of nitrogens with zero attached hydrogens (tertiary/aromatic N) is 2. The van der Waals surface area contributed by atoms with E-state index in [1.807, 2.05) is 6.07 Å². The molecule has 1 aliphatic heterocycles. The van der Waals surface area contributed by atoms with Gasteiger partial charge in [-0.05, 0) is 24.6 Å². The first-order valence-electron chi connectivity index (χ1n) is 5.68. The molecule has 1 unspecified atom stereocenters. The number of halogens is 1. The monoisotopic (exact) mass is 234 g/mol. The molecule has 1 atom stereocenters. The SMILES string of the molecule is COCC1CCN(c2ccc(F)cc2C#N)C1. The number of hydrogen-bond acceptors (Lipinski definition) is 3. The van der Waals surface area contributed by atoms with Gasteiger partial charge < -0.3 is 9.64 Å². The Bertz CT molecular complexity index is 442. The summed E-state index contributed by atoms with van der Waals surface area (Å²) in [5.74, 6) is 0.134. The summed E-state index contributed by atoms with van der Waals surface area (Å²) in [6, 6.07) is 6.42. The van der Waals surface area contributed by atoms with Crippen LogP contribution in [0.2, 0.25) is 0 Å². The molecule has 0 amide bonds. The average molecular weight is 234 g/mol. The number of benzene rings is 1. The second-order valence-electron chi connectivity index (χ2n) is 4.33. The highest BCUT2D eigenvalue weighted by Gasteiger charge is 2.24. The fourth-order valence-corrected chi connectivity index (χ4v) is 2.30. The minimum Gasteiger partial charge on any atom is -0.384 e. The molecule has 1 saturated heterocycles. The van der Waals surface area contributed by atoms with Gasteiger partial charge in [0.1, 0.15) is 11.9 Å². The number of methoxy groups -OCH3 is 1. The molecule has 1 aromatic carbocycles. The molecule has 0 spiro atoms. The Balaban J connectivity index is 2.16. The van der Waals surface area contributed by atoms with Crippen LogP contribution in [0.4, 0.5) is 10.1 Å². The molecule has 1 aliphatic rings. The van der Waals surface area contributed by atoms with Crippen LogP contribution in [0.25, 0.3) is 0 Å². The summed E-state index contributed by atoms with van der Waals surface area (Å²) >= 11 is 0. The van der Waals surface area contributed by atoms with Crippen molar-refractivity contribution in [2.24, 2.45) is 5.92 Å². The summed E-state index contributed by atoms with van der Waals surface area (Å²) < 4.78 is 18.2. The van der Waals surface area contributed by atoms with Crippen molar-refractivity contribution in [2.75, 3.05) is 31.7 Å². The van der Waals surface area contributed by atoms with Crippen molar-refractivity contribution < 1.29 is 9.13 Å². The van der Waals surface area contributed by atoms with Crippen LogP contribution in [-0.2, 0) is 4.74 Å². The minimum absolute atomic E-state index is 0.363. The van der Waals surface area contributed by atoms with Crippen molar-refractivity contribution in [3.05, 3.63) is 29.6 Å². The van der Waals surface area contributed by atoms with Gasteiger partial charge in [0.2, 0.25) is 0 Å². The van der Waals surface area contributed by atoms with Crippen LogP contribution in [-0.4, -0.2) is 26.8 Å². The first kappa shape index (κ1) is 11.9. The third-order valence-corrected chi connectivity index (χ3v) is 3.11. The van der Waals surface area contributed by atoms with E-state index in [4.69, 9.17) is 10.00 Å². The standard InChI is InChI=1S/C13H15FN2O/c1-17-9-10-4-5-16(8-10)13-3-2-12(14)6-11(13)7-15/h2-3,6,10H,4-5,8-9H2,1H3. The normalized spacial score (nSPS) is 19.4. The Morgan fingerprint density at radius 1 is 1.59 bits per heavy atom. The Morgan fingerprint density at radius 3 is 3.12 bits per heavy atom. The zero-order valence-corrected chi connectivity index (χ0v) is 9.82. The third-order valence-electron chi connectivity index (χ3n) is 3.11. The smallest absolute Gasteiger partial charge is 0.124 e. The molecular weight excluding hydrogens is 219 g/mol. The van der Waals surface area contributed by atoms with Gasteiger partial charge in [-0.2, -0.15) is 5.26 Å². The molecule has 90 valence electrons. The van der Waals surface area contributed by atoms with E-state index < -0.39 is 0 Å². The summed E-state index contributed by atoms with van der Waals surface area (Å²) in [6.45, 7) is 2.50. The van der Waals surface area contributed by atoms with Gasteiger partial charge in [0.15, 0.2) is 0 Å². The van der Waals surface area contributed by atoms with Gasteiger partial charge in [-0.25, -0.2) is 4.39 Å². The largest absolute Gasteiger partial charge is 0.384 e. The molecule has 2 rings (SSSR count). The van der Waals surface area contributed by atoms with E-state index in [0.29, 0.717) is 11.5 Å². The van der Waals surface area contributed by atoms with Gasteiger partial charge in [0.25, 0.3) is 0 Å². The number of ether oxygens (including phenoxy) is 1. The van der Waals surface area contributed by atoms with E-state index in [2.05, 4.69) is 4.90 Å². The predicted molar refractivity (Wildman–Crippen MR) is 63.3 cm³/mol. The van der Waals surface area contributed by atoms with Crippen LogP contribution < -0.4 is 4.90 Å². The lowest BCUT2D eigenvalue weighted by Gasteiger charge is -2.19. The van der Waals surface area contributed by atoms with Crippen LogP contribution in [0.1, 0.15) is 12.0 Å². The van der Waals surface area contributed by atoms with Crippen LogP contribution in [0.3, 0.4) is 0 Å². The maximum Gasteiger partial charge on any atom is 0.124 e. The highest BCUT2D eigenvalue weighted by molar-refractivity contribution is 5.59. The second-order valence-corrected chi connectivity index (χ2v) is 4.33. The number of nitriles is 1. The van der Waals surface area contributed by atoms with Crippen molar-refractivity contribution in [1.82, 2.24) is 0 Å². The summed E-state index contributed by atoms with van der Waals surface area (Å²) in [7, 11) is 1.70. The van der Waals surface area contributed by atoms with E-state index >= 15 is 0 Å². The van der Waals surface area contributed by atoms with E-state index in [-0.39, 0.29) is 5.82 Å². The Hall–Kier alpha value is -1.60. The molecule has 0 bridgehead atoms. The van der Waals surface area contributed by atoms with E-state index in [1.54, 1.807) is 13.2 Å². The van der Waals surface area contributed by atoms with Crippen LogP contribution in [0, 0.1) is 23.1 Å². The fraction of sp³-hybridized carbons (Fsp3) is 0.462. The maximum absolute atomic E-state index is 13.0. The molecule has 0 aromatic heterocycles. The van der Waals surface area contributed by atoms with Gasteiger partial charge in [-0.15, -0.1) is 0 Å². The quantitative estimate of drug-likeness (QED) is 0.804. The van der Waals surface area contributed by atoms with Gasteiger partial charge in [0, 0.05) is 26.1 Å². The molecule has 4 heteroatoms. The topological polar surface area (TPSA) is 36.3 Å². The minimum atomic E-state index is -0.363. The Kier molecular flexibility index (Phi) is 3.60. The van der Waals surface area contributed by atoms with E-state index in [1.165, 1.54) is 12.1 Å². The number of hydrogen-bond donors (Lipinski definition) is 0. The molecule has 1 aromatic rings. The second kappa shape index (κ2) is 5.15. The summed E-state index contributed by atoms with van der Waals surface area (Å²) in [5, 5.41) is 9.00. The van der Waals surface area contributed by atoms with Crippen molar-refractivity contribution in [1.29, 1.82) is 5.26 Å². The zero-order valence-electron chi connectivity index (χ0n) is 9.82. The zero-order chi connectivity index (χ0) is 12.3. The summed E-state index contributed by atoms with van der Waals surface area (Å²) in [5.41, 5.74) is 1.23. The molecule has 1 heterocycles. The van der Waals surface area contributed by atoms with E-state index in [0.717, 1.165) is 31.8 Å². The highest BCUT2D eigenvalue weighted by atomic mass is 19.1. The Morgan fingerprint density at radius 2 is 2.41 bits per heavy atom. The fourth-order valence-electron chi connectivity index (χ4n) is 2.30. The lowest BCUT2D eigenvalue weighted by Crippen LogP contribution is -2.21. The Labute approximate surface area is 100 Å². The lowest BCUT2D eigenvalue weighted by atomic mass is 10.1. The molecule has 3 nitrogen and oxygen atoms in total. The lowest BCUT2D eigenvalue weighted by molar-refractivity contribution is 0.161. The van der Waals surface area contributed by atoms with Gasteiger partial charge >= 0.3 is 0 Å². The summed E-state index contributed by atoms with van der Waals surface area (Å²) in [6.07, 6.45) is 1.05. The molecule has 0 saturated carbocycles. The molecule has 0 radical (unpaired) electrons. The van der Waals surface area contributed by atoms with Crippen LogP contribution in [0.5, 0.6) is 0 Å². The van der Waals surface area contributed by atoms with Gasteiger partial charge in [0.05, 0.1) is 17.9 Å². The van der Waals surface area contributed by atoms with Gasteiger partial charge in [-0.3, -0.25) is 0 Å². The molecule has 0 aliphatic carbocycles. The summed E-state index contributed by atoms with van der Waals surface area (Å²) in [4.78, 5) is 2.13. The predicted octanol–water partition coefficient (Wildman–Crippen LogP) is 2.17. The molecule has 1 fully saturated rings. The molecular formula is C13H15FN2O. The number of anilines is 1. The van der Waals surface area contributed by atoms with Crippen molar-refractivity contribution in [2.45, 2.75) is 6.42 Å².